The number of hydrogen-bond donors (Lipinski definition) is 1. The largest absolute Gasteiger partial charge is 0.405 e. The zero-order chi connectivity index (χ0) is 7.94. The van der Waals surface area contributed by atoms with Gasteiger partial charge in [0.15, 0.2) is 0 Å². The highest BCUT2D eigenvalue weighted by atomic mass is 19.4. The van der Waals surface area contributed by atoms with E-state index in [1.54, 1.807) is 13.8 Å². The van der Waals surface area contributed by atoms with Gasteiger partial charge in [-0.1, -0.05) is 13.8 Å². The number of nitrogens with one attached hydrogen (secondary N) is 1. The summed E-state index contributed by atoms with van der Waals surface area (Å²) in [5, 5.41) is 2.38. The third kappa shape index (κ3) is 1.42. The average Bonchev–Trinajstić information content (AvgIpc) is 2.35. The molecule has 4 heteroatoms. The third-order valence-corrected chi connectivity index (χ3v) is 1.69. The zero-order valence-corrected chi connectivity index (χ0v) is 5.87. The molecule has 60 valence electrons. The summed E-state index contributed by atoms with van der Waals surface area (Å²) in [6, 6.07) is -1.59. The van der Waals surface area contributed by atoms with Crippen molar-refractivity contribution >= 4 is 0 Å². The van der Waals surface area contributed by atoms with Crippen LogP contribution in [0, 0.1) is 5.92 Å². The number of alkyl halides is 3. The van der Waals surface area contributed by atoms with Crippen LogP contribution in [0.2, 0.25) is 0 Å². The Morgan fingerprint density at radius 3 is 1.90 bits per heavy atom. The summed E-state index contributed by atoms with van der Waals surface area (Å²) in [6.45, 7) is 3.56. The Balaban J connectivity index is 2.39. The maximum absolute atomic E-state index is 11.8. The molecule has 0 bridgehead atoms. The van der Waals surface area contributed by atoms with Crippen LogP contribution in [-0.2, 0) is 0 Å². The highest BCUT2D eigenvalue weighted by Gasteiger charge is 2.56. The minimum atomic E-state index is -4.05. The van der Waals surface area contributed by atoms with Gasteiger partial charge in [0, 0.05) is 6.04 Å². The standard InChI is InChI=1S/C6H10F3N/c1-3(2)4-5(10-4)6(7,8)9/h3-5,10H,1-2H3. The molecule has 1 aliphatic rings. The molecule has 1 heterocycles. The molecular formula is C6H10F3N. The lowest BCUT2D eigenvalue weighted by atomic mass is 10.1. The molecular weight excluding hydrogens is 143 g/mol. The molecule has 0 amide bonds. The summed E-state index contributed by atoms with van der Waals surface area (Å²) in [6.07, 6.45) is -4.05. The van der Waals surface area contributed by atoms with Crippen LogP contribution in [0.1, 0.15) is 13.8 Å². The predicted molar refractivity (Wildman–Crippen MR) is 31.6 cm³/mol. The Morgan fingerprint density at radius 2 is 1.80 bits per heavy atom. The van der Waals surface area contributed by atoms with Crippen molar-refractivity contribution in [2.75, 3.05) is 0 Å². The molecule has 0 aromatic carbocycles. The fourth-order valence-electron chi connectivity index (χ4n) is 1.03. The highest BCUT2D eigenvalue weighted by molar-refractivity contribution is 5.04. The summed E-state index contributed by atoms with van der Waals surface area (Å²) in [7, 11) is 0. The Bertz CT molecular complexity index is 129. The fraction of sp³-hybridized carbons (Fsp3) is 1.00. The molecule has 0 aliphatic carbocycles. The quantitative estimate of drug-likeness (QED) is 0.567. The van der Waals surface area contributed by atoms with E-state index in [9.17, 15) is 13.2 Å². The smallest absolute Gasteiger partial charge is 0.300 e. The van der Waals surface area contributed by atoms with Crippen molar-refractivity contribution in [3.63, 3.8) is 0 Å². The van der Waals surface area contributed by atoms with E-state index in [2.05, 4.69) is 5.32 Å². The first-order valence-electron chi connectivity index (χ1n) is 3.25. The Hall–Kier alpha value is -0.250. The van der Waals surface area contributed by atoms with Gasteiger partial charge in [0.25, 0.3) is 0 Å². The molecule has 0 aromatic rings. The molecule has 0 radical (unpaired) electrons. The van der Waals surface area contributed by atoms with Gasteiger partial charge >= 0.3 is 6.18 Å². The van der Waals surface area contributed by atoms with Gasteiger partial charge in [-0.15, -0.1) is 0 Å². The van der Waals surface area contributed by atoms with E-state index in [0.717, 1.165) is 0 Å². The first kappa shape index (κ1) is 7.85. The predicted octanol–water partition coefficient (Wildman–Crippen LogP) is 1.55. The van der Waals surface area contributed by atoms with Crippen LogP contribution in [0.25, 0.3) is 0 Å². The van der Waals surface area contributed by atoms with Crippen LogP contribution in [0.4, 0.5) is 13.2 Å². The van der Waals surface area contributed by atoms with E-state index in [1.807, 2.05) is 0 Å². The molecule has 10 heavy (non-hydrogen) atoms. The van der Waals surface area contributed by atoms with Crippen molar-refractivity contribution in [2.45, 2.75) is 32.1 Å². The summed E-state index contributed by atoms with van der Waals surface area (Å²) in [5.74, 6) is 0.0756. The van der Waals surface area contributed by atoms with E-state index < -0.39 is 12.2 Å². The molecule has 1 fully saturated rings. The lowest BCUT2D eigenvalue weighted by molar-refractivity contribution is -0.130. The van der Waals surface area contributed by atoms with Crippen LogP contribution in [0.5, 0.6) is 0 Å². The van der Waals surface area contributed by atoms with Gasteiger partial charge in [0.2, 0.25) is 0 Å². The highest BCUT2D eigenvalue weighted by Crippen LogP contribution is 2.34. The Kier molecular flexibility index (Phi) is 1.66. The van der Waals surface area contributed by atoms with E-state index >= 15 is 0 Å². The van der Waals surface area contributed by atoms with Crippen molar-refractivity contribution in [1.82, 2.24) is 5.32 Å². The van der Waals surface area contributed by atoms with Gasteiger partial charge in [-0.3, -0.25) is 5.32 Å². The van der Waals surface area contributed by atoms with Crippen molar-refractivity contribution in [1.29, 1.82) is 0 Å². The number of hydrogen-bond acceptors (Lipinski definition) is 1. The average molecular weight is 153 g/mol. The number of halogens is 3. The summed E-state index contributed by atoms with van der Waals surface area (Å²) < 4.78 is 35.4. The lowest BCUT2D eigenvalue weighted by Gasteiger charge is -2.03. The van der Waals surface area contributed by atoms with Gasteiger partial charge in [-0.2, -0.15) is 13.2 Å². The molecule has 1 N–H and O–H groups in total. The van der Waals surface area contributed by atoms with Crippen molar-refractivity contribution in [2.24, 2.45) is 5.92 Å². The molecule has 0 spiro atoms. The minimum absolute atomic E-state index is 0.0756. The van der Waals surface area contributed by atoms with Crippen molar-refractivity contribution in [3.8, 4) is 0 Å². The zero-order valence-electron chi connectivity index (χ0n) is 5.87. The van der Waals surface area contributed by atoms with Gasteiger partial charge in [-0.05, 0) is 5.92 Å². The van der Waals surface area contributed by atoms with Crippen molar-refractivity contribution in [3.05, 3.63) is 0 Å². The van der Waals surface area contributed by atoms with E-state index in [0.29, 0.717) is 0 Å². The van der Waals surface area contributed by atoms with Crippen LogP contribution >= 0.6 is 0 Å². The van der Waals surface area contributed by atoms with Crippen molar-refractivity contribution < 1.29 is 13.2 Å². The minimum Gasteiger partial charge on any atom is -0.300 e. The molecule has 1 aliphatic heterocycles. The second kappa shape index (κ2) is 2.12. The van der Waals surface area contributed by atoms with Gasteiger partial charge in [-0.25, -0.2) is 0 Å². The van der Waals surface area contributed by atoms with E-state index in [-0.39, 0.29) is 12.0 Å². The summed E-state index contributed by atoms with van der Waals surface area (Å²) in [5.41, 5.74) is 0. The first-order chi connectivity index (χ1) is 4.43. The topological polar surface area (TPSA) is 21.9 Å². The van der Waals surface area contributed by atoms with Crippen LogP contribution in [0.3, 0.4) is 0 Å². The van der Waals surface area contributed by atoms with Gasteiger partial charge in [0.1, 0.15) is 6.04 Å². The Morgan fingerprint density at radius 1 is 1.30 bits per heavy atom. The lowest BCUT2D eigenvalue weighted by Crippen LogP contribution is -2.21. The van der Waals surface area contributed by atoms with E-state index in [4.69, 9.17) is 0 Å². The molecule has 2 unspecified atom stereocenters. The maximum Gasteiger partial charge on any atom is 0.405 e. The van der Waals surface area contributed by atoms with Crippen LogP contribution < -0.4 is 5.32 Å². The molecule has 2 atom stereocenters. The molecule has 0 saturated carbocycles. The SMILES string of the molecule is CC(C)C1NC1C(F)(F)F. The fourth-order valence-corrected chi connectivity index (χ4v) is 1.03. The number of rotatable bonds is 1. The summed E-state index contributed by atoms with van der Waals surface area (Å²) >= 11 is 0. The first-order valence-corrected chi connectivity index (χ1v) is 3.25. The third-order valence-electron chi connectivity index (χ3n) is 1.69. The van der Waals surface area contributed by atoms with Crippen LogP contribution in [0.15, 0.2) is 0 Å². The van der Waals surface area contributed by atoms with Gasteiger partial charge in [0.05, 0.1) is 0 Å². The second-order valence-corrected chi connectivity index (χ2v) is 2.96. The normalized spacial score (nSPS) is 33.0. The maximum atomic E-state index is 11.8. The molecule has 1 nitrogen and oxygen atoms in total. The molecule has 0 aromatic heterocycles. The molecule has 1 saturated heterocycles. The summed E-state index contributed by atoms with van der Waals surface area (Å²) in [4.78, 5) is 0. The second-order valence-electron chi connectivity index (χ2n) is 2.96. The Labute approximate surface area is 57.6 Å². The molecule has 1 rings (SSSR count). The van der Waals surface area contributed by atoms with Gasteiger partial charge < -0.3 is 0 Å². The van der Waals surface area contributed by atoms with E-state index in [1.165, 1.54) is 0 Å². The monoisotopic (exact) mass is 153 g/mol. The van der Waals surface area contributed by atoms with Crippen LogP contribution in [-0.4, -0.2) is 18.3 Å².